The quantitative estimate of drug-likeness (QED) is 0.474. The molecule has 2 aromatic rings. The number of para-hydroxylation sites is 2. The molecule has 0 aliphatic carbocycles. The topological polar surface area (TPSA) is 76.9 Å². The van der Waals surface area contributed by atoms with Gasteiger partial charge in [0.25, 0.3) is 10.8 Å². The zero-order chi connectivity index (χ0) is 20.6. The van der Waals surface area contributed by atoms with Gasteiger partial charge >= 0.3 is 5.69 Å². The standard InChI is InChI=1S/C20H24N2O5S/c1-20(2,19(23)21-13-14-28-4)27-18-8-6-5-7-17(18)26-16-11-9-15(10-12-16)22(24)25-3/h5-12H,13-14H2,1-4H3/p+1. The number of carbonyl (C=O) groups excluding carboxylic acids is 1. The van der Waals surface area contributed by atoms with Crippen molar-refractivity contribution in [3.63, 3.8) is 0 Å². The second-order valence-electron chi connectivity index (χ2n) is 6.34. The molecule has 0 radical (unpaired) electrons. The first kappa shape index (κ1) is 21.6. The van der Waals surface area contributed by atoms with E-state index in [4.69, 9.17) is 9.47 Å². The minimum atomic E-state index is -1.07. The van der Waals surface area contributed by atoms with E-state index in [0.29, 0.717) is 34.4 Å². The summed E-state index contributed by atoms with van der Waals surface area (Å²) in [6.45, 7) is 4.00. The molecule has 2 aromatic carbocycles. The molecule has 2 rings (SSSR count). The summed E-state index contributed by atoms with van der Waals surface area (Å²) in [6, 6.07) is 13.6. The number of hydrogen-bond donors (Lipinski definition) is 1. The van der Waals surface area contributed by atoms with E-state index in [-0.39, 0.29) is 5.91 Å². The van der Waals surface area contributed by atoms with Crippen molar-refractivity contribution < 1.29 is 24.0 Å². The highest BCUT2D eigenvalue weighted by Crippen LogP contribution is 2.34. The van der Waals surface area contributed by atoms with Crippen molar-refractivity contribution >= 4 is 23.4 Å². The van der Waals surface area contributed by atoms with Gasteiger partial charge in [0.1, 0.15) is 5.75 Å². The molecular weight excluding hydrogens is 380 g/mol. The summed E-state index contributed by atoms with van der Waals surface area (Å²) in [5.41, 5.74) is -0.717. The number of thioether (sulfide) groups is 1. The SMILES string of the molecule is CO[N+](=O)c1ccc(Oc2ccccc2OC(C)(C)C(=O)NCCSC)cc1. The maximum atomic E-state index is 12.4. The Bertz CT molecular complexity index is 808. The van der Waals surface area contributed by atoms with Gasteiger partial charge in [-0.05, 0) is 44.4 Å². The summed E-state index contributed by atoms with van der Waals surface area (Å²) in [5, 5.41) is 2.86. The molecule has 1 amide bonds. The fraction of sp³-hybridized carbons (Fsp3) is 0.350. The zero-order valence-electron chi connectivity index (χ0n) is 16.4. The van der Waals surface area contributed by atoms with Crippen LogP contribution in [0.25, 0.3) is 0 Å². The number of rotatable bonds is 10. The number of carbonyl (C=O) groups is 1. The van der Waals surface area contributed by atoms with E-state index in [9.17, 15) is 9.70 Å². The summed E-state index contributed by atoms with van der Waals surface area (Å²) in [5.74, 6) is 2.06. The Morgan fingerprint density at radius 2 is 1.75 bits per heavy atom. The minimum absolute atomic E-state index is 0.198. The fourth-order valence-electron chi connectivity index (χ4n) is 2.29. The third-order valence-electron chi connectivity index (χ3n) is 3.79. The molecule has 0 bridgehead atoms. The Kier molecular flexibility index (Phi) is 7.69. The van der Waals surface area contributed by atoms with Crippen LogP contribution < -0.4 is 14.8 Å². The fourth-order valence-corrected chi connectivity index (χ4v) is 2.59. The van der Waals surface area contributed by atoms with Crippen LogP contribution in [0.3, 0.4) is 0 Å². The highest BCUT2D eigenvalue weighted by molar-refractivity contribution is 7.98. The lowest BCUT2D eigenvalue weighted by Gasteiger charge is -2.26. The monoisotopic (exact) mass is 405 g/mol. The lowest BCUT2D eigenvalue weighted by atomic mass is 10.1. The number of amides is 1. The van der Waals surface area contributed by atoms with Crippen LogP contribution in [-0.2, 0) is 9.63 Å². The van der Waals surface area contributed by atoms with Crippen molar-refractivity contribution in [2.24, 2.45) is 0 Å². The van der Waals surface area contributed by atoms with Crippen molar-refractivity contribution in [2.45, 2.75) is 19.4 Å². The van der Waals surface area contributed by atoms with E-state index < -0.39 is 5.60 Å². The van der Waals surface area contributed by atoms with Gasteiger partial charge in [0.2, 0.25) is 0 Å². The number of nitrogens with zero attached hydrogens (tertiary/aromatic N) is 1. The van der Waals surface area contributed by atoms with Crippen molar-refractivity contribution in [3.8, 4) is 17.2 Å². The van der Waals surface area contributed by atoms with Gasteiger partial charge in [0.05, 0.1) is 4.91 Å². The van der Waals surface area contributed by atoms with Gasteiger partial charge in [0, 0.05) is 24.4 Å². The van der Waals surface area contributed by atoms with Crippen molar-refractivity contribution in [1.29, 1.82) is 0 Å². The molecular formula is C20H25N2O5S+. The first-order valence-electron chi connectivity index (χ1n) is 8.72. The van der Waals surface area contributed by atoms with E-state index in [1.54, 1.807) is 68.1 Å². The van der Waals surface area contributed by atoms with Gasteiger partial charge in [-0.2, -0.15) is 11.8 Å². The second-order valence-corrected chi connectivity index (χ2v) is 7.33. The van der Waals surface area contributed by atoms with Crippen molar-refractivity contribution in [3.05, 3.63) is 53.4 Å². The highest BCUT2D eigenvalue weighted by Gasteiger charge is 2.30. The predicted octanol–water partition coefficient (Wildman–Crippen LogP) is 4.09. The smallest absolute Gasteiger partial charge is 0.317 e. The Hall–Kier alpha value is -2.74. The normalized spacial score (nSPS) is 10.9. The lowest BCUT2D eigenvalue weighted by Crippen LogP contribution is -2.47. The maximum absolute atomic E-state index is 12.4. The average molecular weight is 405 g/mol. The van der Waals surface area contributed by atoms with Gasteiger partial charge in [-0.3, -0.25) is 4.79 Å². The summed E-state index contributed by atoms with van der Waals surface area (Å²) < 4.78 is 11.8. The molecule has 0 aliphatic rings. The van der Waals surface area contributed by atoms with Gasteiger partial charge < -0.3 is 14.8 Å². The van der Waals surface area contributed by atoms with Gasteiger partial charge in [-0.15, -0.1) is 0 Å². The number of nitrogens with one attached hydrogen (secondary N) is 1. The first-order valence-corrected chi connectivity index (χ1v) is 10.1. The molecule has 0 fully saturated rings. The Morgan fingerprint density at radius 1 is 1.11 bits per heavy atom. The van der Waals surface area contributed by atoms with Crippen LogP contribution in [-0.4, -0.2) is 42.1 Å². The maximum Gasteiger partial charge on any atom is 0.317 e. The van der Waals surface area contributed by atoms with Crippen LogP contribution >= 0.6 is 11.8 Å². The largest absolute Gasteiger partial charge is 0.474 e. The molecule has 28 heavy (non-hydrogen) atoms. The molecule has 8 heteroatoms. The van der Waals surface area contributed by atoms with Gasteiger partial charge in [-0.1, -0.05) is 12.1 Å². The molecule has 150 valence electrons. The van der Waals surface area contributed by atoms with E-state index in [1.807, 2.05) is 12.3 Å². The molecule has 1 N–H and O–H groups in total. The second kappa shape index (κ2) is 9.98. The third-order valence-corrected chi connectivity index (χ3v) is 4.41. The summed E-state index contributed by atoms with van der Waals surface area (Å²) in [6.07, 6.45) is 1.98. The molecule has 0 aromatic heterocycles. The molecule has 0 atom stereocenters. The molecule has 0 saturated heterocycles. The predicted molar refractivity (Wildman–Crippen MR) is 109 cm³/mol. The Balaban J connectivity index is 2.12. The summed E-state index contributed by atoms with van der Waals surface area (Å²) in [7, 11) is 1.30. The summed E-state index contributed by atoms with van der Waals surface area (Å²) >= 11 is 1.66. The third kappa shape index (κ3) is 5.88. The molecule has 0 aliphatic heterocycles. The Morgan fingerprint density at radius 3 is 2.36 bits per heavy atom. The number of ether oxygens (including phenoxy) is 2. The number of hydrogen-bond acceptors (Lipinski definition) is 6. The van der Waals surface area contributed by atoms with E-state index >= 15 is 0 Å². The molecule has 0 unspecified atom stereocenters. The van der Waals surface area contributed by atoms with Gasteiger partial charge in [0.15, 0.2) is 24.2 Å². The molecule has 0 heterocycles. The lowest BCUT2D eigenvalue weighted by molar-refractivity contribution is -0.736. The average Bonchev–Trinajstić information content (AvgIpc) is 2.69. The van der Waals surface area contributed by atoms with Crippen LogP contribution in [0, 0.1) is 4.91 Å². The molecule has 0 spiro atoms. The minimum Gasteiger partial charge on any atom is -0.474 e. The highest BCUT2D eigenvalue weighted by atomic mass is 32.2. The van der Waals surface area contributed by atoms with E-state index in [0.717, 1.165) is 5.75 Å². The van der Waals surface area contributed by atoms with Crippen LogP contribution in [0.5, 0.6) is 17.2 Å². The van der Waals surface area contributed by atoms with Crippen molar-refractivity contribution in [2.75, 3.05) is 25.7 Å². The van der Waals surface area contributed by atoms with E-state index in [1.165, 1.54) is 7.11 Å². The van der Waals surface area contributed by atoms with Crippen LogP contribution in [0.4, 0.5) is 5.69 Å². The first-order chi connectivity index (χ1) is 13.4. The van der Waals surface area contributed by atoms with Crippen LogP contribution in [0.2, 0.25) is 0 Å². The molecule has 0 saturated carbocycles. The van der Waals surface area contributed by atoms with Gasteiger partial charge in [-0.25, -0.2) is 4.84 Å². The van der Waals surface area contributed by atoms with E-state index in [2.05, 4.69) is 10.2 Å². The Labute approximate surface area is 168 Å². The zero-order valence-corrected chi connectivity index (χ0v) is 17.2. The van der Waals surface area contributed by atoms with Crippen LogP contribution in [0.15, 0.2) is 48.5 Å². The van der Waals surface area contributed by atoms with Crippen LogP contribution in [0.1, 0.15) is 13.8 Å². The van der Waals surface area contributed by atoms with Crippen molar-refractivity contribution in [1.82, 2.24) is 5.32 Å². The molecule has 7 nitrogen and oxygen atoms in total. The summed E-state index contributed by atoms with van der Waals surface area (Å²) in [4.78, 5) is 28.9. The number of benzene rings is 2.